The van der Waals surface area contributed by atoms with Crippen LogP contribution in [0.5, 0.6) is 0 Å². The molecule has 1 unspecified atom stereocenters. The number of thiocarbonyl (C=S) groups is 1. The highest BCUT2D eigenvalue weighted by Crippen LogP contribution is 2.43. The van der Waals surface area contributed by atoms with Crippen LogP contribution in [0.4, 0.5) is 4.79 Å². The zero-order chi connectivity index (χ0) is 16.5. The van der Waals surface area contributed by atoms with Gasteiger partial charge in [0, 0.05) is 12.1 Å². The van der Waals surface area contributed by atoms with Gasteiger partial charge in [-0.3, -0.25) is 5.21 Å². The second-order valence-electron chi connectivity index (χ2n) is 6.98. The van der Waals surface area contributed by atoms with Gasteiger partial charge in [0.05, 0.1) is 4.75 Å². The van der Waals surface area contributed by atoms with Crippen LogP contribution in [0.3, 0.4) is 0 Å². The standard InChI is InChI=1S/C15H27N3O2S2/c1-10(2)17-12(15(3,4)22-14(17)21)18(20)13(19)16-11-8-6-5-7-9-11/h10-12,20H,5-9H2,1-4H3,(H,16,19). The second-order valence-corrected chi connectivity index (χ2v) is 9.26. The van der Waals surface area contributed by atoms with E-state index in [0.717, 1.165) is 35.1 Å². The van der Waals surface area contributed by atoms with E-state index in [1.807, 2.05) is 32.6 Å². The van der Waals surface area contributed by atoms with Crippen LogP contribution in [0.25, 0.3) is 0 Å². The Balaban J connectivity index is 2.09. The molecule has 126 valence electrons. The molecule has 1 aliphatic carbocycles. The third-order valence-electron chi connectivity index (χ3n) is 4.38. The smallest absolute Gasteiger partial charge is 0.333 e. The maximum Gasteiger partial charge on any atom is 0.343 e. The first-order chi connectivity index (χ1) is 10.2. The number of thioether (sulfide) groups is 1. The van der Waals surface area contributed by atoms with Gasteiger partial charge in [-0.05, 0) is 40.5 Å². The van der Waals surface area contributed by atoms with Crippen molar-refractivity contribution in [3.63, 3.8) is 0 Å². The lowest BCUT2D eigenvalue weighted by Crippen LogP contribution is -2.59. The van der Waals surface area contributed by atoms with Crippen molar-refractivity contribution >= 4 is 34.3 Å². The molecule has 22 heavy (non-hydrogen) atoms. The Labute approximate surface area is 142 Å². The van der Waals surface area contributed by atoms with Gasteiger partial charge in [0.25, 0.3) is 0 Å². The molecule has 2 fully saturated rings. The van der Waals surface area contributed by atoms with Crippen LogP contribution in [-0.4, -0.2) is 48.5 Å². The number of urea groups is 1. The van der Waals surface area contributed by atoms with Crippen molar-refractivity contribution in [3.05, 3.63) is 0 Å². The van der Waals surface area contributed by atoms with Gasteiger partial charge in [0.2, 0.25) is 0 Å². The number of carbonyl (C=O) groups excluding carboxylic acids is 1. The Morgan fingerprint density at radius 1 is 1.41 bits per heavy atom. The van der Waals surface area contributed by atoms with Crippen molar-refractivity contribution in [2.75, 3.05) is 0 Å². The average Bonchev–Trinajstić information content (AvgIpc) is 2.68. The van der Waals surface area contributed by atoms with Gasteiger partial charge in [-0.2, -0.15) is 5.06 Å². The molecule has 5 nitrogen and oxygen atoms in total. The Bertz CT molecular complexity index is 437. The minimum absolute atomic E-state index is 0.129. The van der Waals surface area contributed by atoms with Crippen molar-refractivity contribution in [3.8, 4) is 0 Å². The van der Waals surface area contributed by atoms with Crippen molar-refractivity contribution in [1.29, 1.82) is 0 Å². The van der Waals surface area contributed by atoms with E-state index in [9.17, 15) is 10.0 Å². The minimum atomic E-state index is -0.450. The molecule has 0 bridgehead atoms. The summed E-state index contributed by atoms with van der Waals surface area (Å²) in [7, 11) is 0. The number of hydroxylamine groups is 2. The normalized spacial score (nSPS) is 25.6. The number of amides is 2. The fourth-order valence-corrected chi connectivity index (χ4v) is 5.41. The van der Waals surface area contributed by atoms with E-state index in [1.165, 1.54) is 18.2 Å². The van der Waals surface area contributed by atoms with E-state index < -0.39 is 12.2 Å². The summed E-state index contributed by atoms with van der Waals surface area (Å²) in [4.78, 5) is 14.4. The molecule has 2 rings (SSSR count). The quantitative estimate of drug-likeness (QED) is 0.465. The molecule has 0 spiro atoms. The molecule has 7 heteroatoms. The predicted molar refractivity (Wildman–Crippen MR) is 94.1 cm³/mol. The summed E-state index contributed by atoms with van der Waals surface area (Å²) in [5.41, 5.74) is 0. The van der Waals surface area contributed by atoms with Crippen LogP contribution in [0.15, 0.2) is 0 Å². The average molecular weight is 346 g/mol. The maximum atomic E-state index is 12.4. The first-order valence-corrected chi connectivity index (χ1v) is 9.26. The SMILES string of the molecule is CC(C)N1C(=S)SC(C)(C)C1N(O)C(=O)NC1CCCCC1. The zero-order valence-corrected chi connectivity index (χ0v) is 15.5. The summed E-state index contributed by atoms with van der Waals surface area (Å²) in [5.74, 6) is 0. The summed E-state index contributed by atoms with van der Waals surface area (Å²) in [5, 5.41) is 14.3. The Morgan fingerprint density at radius 3 is 2.55 bits per heavy atom. The van der Waals surface area contributed by atoms with E-state index in [1.54, 1.807) is 0 Å². The van der Waals surface area contributed by atoms with E-state index in [4.69, 9.17) is 12.2 Å². The van der Waals surface area contributed by atoms with Crippen LogP contribution in [0, 0.1) is 0 Å². The Hall–Kier alpha value is -0.530. The van der Waals surface area contributed by atoms with E-state index in [0.29, 0.717) is 0 Å². The number of hydrogen-bond donors (Lipinski definition) is 2. The number of carbonyl (C=O) groups is 1. The van der Waals surface area contributed by atoms with Gasteiger partial charge in [0.15, 0.2) is 0 Å². The van der Waals surface area contributed by atoms with Gasteiger partial charge in [-0.15, -0.1) is 0 Å². The molecule has 2 amide bonds. The van der Waals surface area contributed by atoms with E-state index in [2.05, 4.69) is 5.32 Å². The van der Waals surface area contributed by atoms with Crippen molar-refractivity contribution in [2.45, 2.75) is 82.8 Å². The van der Waals surface area contributed by atoms with Gasteiger partial charge in [0.1, 0.15) is 10.5 Å². The first-order valence-electron chi connectivity index (χ1n) is 8.04. The molecule has 2 N–H and O–H groups in total. The van der Waals surface area contributed by atoms with Crippen molar-refractivity contribution < 1.29 is 10.0 Å². The monoisotopic (exact) mass is 345 g/mol. The molecule has 0 aromatic heterocycles. The number of hydrogen-bond acceptors (Lipinski definition) is 4. The Kier molecular flexibility index (Phi) is 5.61. The third kappa shape index (κ3) is 3.68. The molecule has 1 heterocycles. The van der Waals surface area contributed by atoms with Crippen molar-refractivity contribution in [1.82, 2.24) is 15.3 Å². The van der Waals surface area contributed by atoms with Gasteiger partial charge < -0.3 is 10.2 Å². The number of nitrogens with zero attached hydrogens (tertiary/aromatic N) is 2. The van der Waals surface area contributed by atoms with Crippen LogP contribution < -0.4 is 5.32 Å². The zero-order valence-electron chi connectivity index (χ0n) is 13.8. The molecule has 1 saturated heterocycles. The number of rotatable bonds is 3. The third-order valence-corrected chi connectivity index (χ3v) is 5.96. The first kappa shape index (κ1) is 17.8. The Morgan fingerprint density at radius 2 is 2.00 bits per heavy atom. The van der Waals surface area contributed by atoms with Crippen LogP contribution >= 0.6 is 24.0 Å². The van der Waals surface area contributed by atoms with E-state index in [-0.39, 0.29) is 16.8 Å². The number of nitrogens with one attached hydrogen (secondary N) is 1. The molecule has 0 radical (unpaired) electrons. The summed E-state index contributed by atoms with van der Waals surface area (Å²) in [6, 6.07) is -0.114. The summed E-state index contributed by atoms with van der Waals surface area (Å²) in [6.07, 6.45) is 5.06. The highest BCUT2D eigenvalue weighted by molar-refractivity contribution is 8.24. The lowest BCUT2D eigenvalue weighted by atomic mass is 9.96. The maximum absolute atomic E-state index is 12.4. The summed E-state index contributed by atoms with van der Waals surface area (Å²) >= 11 is 6.96. The summed E-state index contributed by atoms with van der Waals surface area (Å²) < 4.78 is 0.384. The van der Waals surface area contributed by atoms with Crippen LogP contribution in [0.2, 0.25) is 0 Å². The largest absolute Gasteiger partial charge is 0.343 e. The highest BCUT2D eigenvalue weighted by atomic mass is 32.2. The molecule has 2 aliphatic rings. The van der Waals surface area contributed by atoms with E-state index >= 15 is 0 Å². The molecular formula is C15H27N3O2S2. The molecule has 1 atom stereocenters. The fourth-order valence-electron chi connectivity index (χ4n) is 3.27. The lowest BCUT2D eigenvalue weighted by Gasteiger charge is -2.39. The molecule has 1 aliphatic heterocycles. The van der Waals surface area contributed by atoms with Crippen molar-refractivity contribution in [2.24, 2.45) is 0 Å². The van der Waals surface area contributed by atoms with Gasteiger partial charge in [-0.25, -0.2) is 4.79 Å². The molecule has 1 saturated carbocycles. The minimum Gasteiger partial charge on any atom is -0.333 e. The van der Waals surface area contributed by atoms with Crippen LogP contribution in [0.1, 0.15) is 59.8 Å². The molecule has 0 aromatic rings. The predicted octanol–water partition coefficient (Wildman–Crippen LogP) is 3.57. The van der Waals surface area contributed by atoms with Crippen LogP contribution in [-0.2, 0) is 0 Å². The lowest BCUT2D eigenvalue weighted by molar-refractivity contribution is -0.124. The topological polar surface area (TPSA) is 55.8 Å². The fraction of sp³-hybridized carbons (Fsp3) is 0.867. The summed E-state index contributed by atoms with van der Waals surface area (Å²) in [6.45, 7) is 8.06. The molecular weight excluding hydrogens is 318 g/mol. The highest BCUT2D eigenvalue weighted by Gasteiger charge is 2.50. The van der Waals surface area contributed by atoms with Gasteiger partial charge >= 0.3 is 6.03 Å². The molecule has 0 aromatic carbocycles. The van der Waals surface area contributed by atoms with Gasteiger partial charge in [-0.1, -0.05) is 43.2 Å². The second kappa shape index (κ2) is 6.93.